The number of hydrazone groups is 1. The van der Waals surface area contributed by atoms with Crippen molar-refractivity contribution in [1.82, 2.24) is 0 Å². The van der Waals surface area contributed by atoms with E-state index in [2.05, 4.69) is 18.9 Å². The van der Waals surface area contributed by atoms with Crippen molar-refractivity contribution in [2.75, 3.05) is 13.2 Å². The highest BCUT2D eigenvalue weighted by molar-refractivity contribution is 5.85. The minimum absolute atomic E-state index is 0.408. The van der Waals surface area contributed by atoms with Gasteiger partial charge in [0.05, 0.1) is 12.2 Å². The van der Waals surface area contributed by atoms with Crippen LogP contribution in [-0.4, -0.2) is 29.6 Å². The standard InChI is InChI=1S/C23H40N2O2/c1-4-27-14-23(26)12-10-17-16(13-23)5-6-19-18(17)9-11-22(3)20(15(2)25-24)7-8-21(19)22/h16-21,26H,4-14,24H2,1-3H3/b25-15+/t16-,17+,18-,19-,20-,21+,22-,23-/m1/s1. The average Bonchev–Trinajstić information content (AvgIpc) is 3.02. The Labute approximate surface area is 165 Å². The minimum Gasteiger partial charge on any atom is -0.387 e. The van der Waals surface area contributed by atoms with Crippen molar-refractivity contribution in [2.45, 2.75) is 84.2 Å². The summed E-state index contributed by atoms with van der Waals surface area (Å²) in [4.78, 5) is 0. The van der Waals surface area contributed by atoms with Gasteiger partial charge in [0.15, 0.2) is 0 Å². The Morgan fingerprint density at radius 2 is 1.85 bits per heavy atom. The van der Waals surface area contributed by atoms with Crippen LogP contribution in [-0.2, 0) is 4.74 Å². The van der Waals surface area contributed by atoms with Crippen molar-refractivity contribution < 1.29 is 9.84 Å². The minimum atomic E-state index is -0.569. The van der Waals surface area contributed by atoms with Gasteiger partial charge in [-0.3, -0.25) is 0 Å². The van der Waals surface area contributed by atoms with Crippen LogP contribution in [0.5, 0.6) is 0 Å². The molecule has 8 atom stereocenters. The molecule has 0 aromatic heterocycles. The van der Waals surface area contributed by atoms with Crippen molar-refractivity contribution in [2.24, 2.45) is 51.9 Å². The molecule has 4 rings (SSSR count). The molecule has 4 fully saturated rings. The maximum absolute atomic E-state index is 11.0. The third kappa shape index (κ3) is 3.25. The average molecular weight is 377 g/mol. The van der Waals surface area contributed by atoms with E-state index in [1.807, 2.05) is 6.92 Å². The SMILES string of the molecule is CCOC[C@@]1(O)CC[C@H]2[C@H](CC[C@@H]3[C@@H]2CC[C@]2(C)[C@@H](/C(C)=N/N)CC[C@@H]32)C1. The van der Waals surface area contributed by atoms with Crippen molar-refractivity contribution >= 4 is 5.71 Å². The number of rotatable bonds is 4. The van der Waals surface area contributed by atoms with Crippen LogP contribution in [0.1, 0.15) is 78.6 Å². The number of fused-ring (bicyclic) bond motifs is 5. The number of hydrogen-bond acceptors (Lipinski definition) is 4. The highest BCUT2D eigenvalue weighted by atomic mass is 16.5. The van der Waals surface area contributed by atoms with E-state index < -0.39 is 5.60 Å². The van der Waals surface area contributed by atoms with E-state index in [0.717, 1.165) is 36.5 Å². The van der Waals surface area contributed by atoms with Gasteiger partial charge in [-0.25, -0.2) is 0 Å². The Bertz CT molecular complexity index is 579. The Kier molecular flexibility index (Phi) is 5.35. The van der Waals surface area contributed by atoms with Gasteiger partial charge in [0.2, 0.25) is 0 Å². The molecule has 4 aliphatic rings. The summed E-state index contributed by atoms with van der Waals surface area (Å²) in [6, 6.07) is 0. The number of ether oxygens (including phenoxy) is 1. The fourth-order valence-electron chi connectivity index (χ4n) is 8.16. The molecule has 0 aromatic carbocycles. The molecule has 0 unspecified atom stereocenters. The summed E-state index contributed by atoms with van der Waals surface area (Å²) in [5.74, 6) is 10.4. The van der Waals surface area contributed by atoms with Gasteiger partial charge >= 0.3 is 0 Å². The molecule has 4 heteroatoms. The molecule has 0 heterocycles. The first kappa shape index (κ1) is 19.7. The molecule has 0 amide bonds. The first-order valence-electron chi connectivity index (χ1n) is 11.5. The predicted molar refractivity (Wildman–Crippen MR) is 109 cm³/mol. The smallest absolute Gasteiger partial charge is 0.0883 e. The lowest BCUT2D eigenvalue weighted by molar-refractivity contribution is -0.126. The Hall–Kier alpha value is -0.610. The lowest BCUT2D eigenvalue weighted by Crippen LogP contribution is -2.52. The largest absolute Gasteiger partial charge is 0.387 e. The molecule has 0 aliphatic heterocycles. The molecular formula is C23H40N2O2. The number of aliphatic hydroxyl groups is 1. The topological polar surface area (TPSA) is 67.8 Å². The normalized spacial score (nSPS) is 50.0. The van der Waals surface area contributed by atoms with Crippen LogP contribution >= 0.6 is 0 Å². The van der Waals surface area contributed by atoms with Crippen LogP contribution in [0, 0.1) is 40.9 Å². The second kappa shape index (κ2) is 7.33. The van der Waals surface area contributed by atoms with Gasteiger partial charge < -0.3 is 15.7 Å². The highest BCUT2D eigenvalue weighted by Crippen LogP contribution is 2.64. The molecule has 4 saturated carbocycles. The zero-order valence-electron chi connectivity index (χ0n) is 17.6. The first-order valence-corrected chi connectivity index (χ1v) is 11.5. The van der Waals surface area contributed by atoms with E-state index in [1.54, 1.807) is 0 Å². The molecule has 3 N–H and O–H groups in total. The van der Waals surface area contributed by atoms with Gasteiger partial charge in [-0.2, -0.15) is 5.10 Å². The van der Waals surface area contributed by atoms with Gasteiger partial charge in [0.25, 0.3) is 0 Å². The van der Waals surface area contributed by atoms with Crippen LogP contribution in [0.3, 0.4) is 0 Å². The first-order chi connectivity index (χ1) is 12.9. The second-order valence-electron chi connectivity index (χ2n) is 10.5. The van der Waals surface area contributed by atoms with Crippen molar-refractivity contribution in [3.63, 3.8) is 0 Å². The van der Waals surface area contributed by atoms with Gasteiger partial charge in [0.1, 0.15) is 0 Å². The van der Waals surface area contributed by atoms with Gasteiger partial charge in [-0.15, -0.1) is 0 Å². The molecule has 4 nitrogen and oxygen atoms in total. The molecule has 0 aromatic rings. The van der Waals surface area contributed by atoms with E-state index >= 15 is 0 Å². The monoisotopic (exact) mass is 376 g/mol. The quantitative estimate of drug-likeness (QED) is 0.435. The van der Waals surface area contributed by atoms with E-state index in [1.165, 1.54) is 50.7 Å². The second-order valence-corrected chi connectivity index (χ2v) is 10.5. The van der Waals surface area contributed by atoms with Crippen molar-refractivity contribution in [1.29, 1.82) is 0 Å². The van der Waals surface area contributed by atoms with Gasteiger partial charge in [-0.05, 0) is 107 Å². The molecule has 0 bridgehead atoms. The number of nitrogens with two attached hydrogens (primary N) is 1. The van der Waals surface area contributed by atoms with E-state index in [9.17, 15) is 5.11 Å². The van der Waals surface area contributed by atoms with Crippen molar-refractivity contribution in [3.8, 4) is 0 Å². The fraction of sp³-hybridized carbons (Fsp3) is 0.957. The summed E-state index contributed by atoms with van der Waals surface area (Å²) in [6.45, 7) is 7.93. The van der Waals surface area contributed by atoms with Crippen LogP contribution in [0.25, 0.3) is 0 Å². The summed E-state index contributed by atoms with van der Waals surface area (Å²) in [6.07, 6.45) is 11.1. The van der Waals surface area contributed by atoms with E-state index in [-0.39, 0.29) is 0 Å². The van der Waals surface area contributed by atoms with Crippen LogP contribution in [0.15, 0.2) is 5.10 Å². The van der Waals surface area contributed by atoms with E-state index in [4.69, 9.17) is 10.6 Å². The molecule has 154 valence electrons. The Balaban J connectivity index is 1.48. The predicted octanol–water partition coefficient (Wildman–Crippen LogP) is 4.36. The lowest BCUT2D eigenvalue weighted by Gasteiger charge is -2.57. The summed E-state index contributed by atoms with van der Waals surface area (Å²) in [5, 5.41) is 15.1. The van der Waals surface area contributed by atoms with Crippen LogP contribution in [0.2, 0.25) is 0 Å². The van der Waals surface area contributed by atoms with E-state index in [0.29, 0.717) is 30.5 Å². The van der Waals surface area contributed by atoms with Gasteiger partial charge in [0, 0.05) is 18.2 Å². The fourth-order valence-corrected chi connectivity index (χ4v) is 8.16. The maximum Gasteiger partial charge on any atom is 0.0883 e. The number of hydrogen-bond donors (Lipinski definition) is 2. The molecule has 27 heavy (non-hydrogen) atoms. The summed E-state index contributed by atoms with van der Waals surface area (Å²) >= 11 is 0. The third-order valence-corrected chi connectivity index (χ3v) is 9.39. The zero-order chi connectivity index (χ0) is 19.2. The molecule has 0 spiro atoms. The molecule has 0 saturated heterocycles. The van der Waals surface area contributed by atoms with Crippen molar-refractivity contribution in [3.05, 3.63) is 0 Å². The van der Waals surface area contributed by atoms with Gasteiger partial charge in [-0.1, -0.05) is 6.92 Å². The Morgan fingerprint density at radius 1 is 1.07 bits per heavy atom. The zero-order valence-corrected chi connectivity index (χ0v) is 17.6. The molecule has 4 aliphatic carbocycles. The summed E-state index contributed by atoms with van der Waals surface area (Å²) < 4.78 is 5.61. The summed E-state index contributed by atoms with van der Waals surface area (Å²) in [5.41, 5.74) is 1.01. The number of nitrogens with zero attached hydrogens (tertiary/aromatic N) is 1. The maximum atomic E-state index is 11.0. The molecular weight excluding hydrogens is 336 g/mol. The van der Waals surface area contributed by atoms with Crippen LogP contribution < -0.4 is 5.84 Å². The summed E-state index contributed by atoms with van der Waals surface area (Å²) in [7, 11) is 0. The third-order valence-electron chi connectivity index (χ3n) is 9.39. The lowest BCUT2D eigenvalue weighted by atomic mass is 9.49. The molecule has 0 radical (unpaired) electrons. The Morgan fingerprint density at radius 3 is 2.59 bits per heavy atom. The van der Waals surface area contributed by atoms with Crippen LogP contribution in [0.4, 0.5) is 0 Å². The highest BCUT2D eigenvalue weighted by Gasteiger charge is 2.58.